The first-order valence-corrected chi connectivity index (χ1v) is 15.7. The van der Waals surface area contributed by atoms with Crippen molar-refractivity contribution in [3.8, 4) is 0 Å². The Balaban J connectivity index is 1.70. The van der Waals surface area contributed by atoms with Gasteiger partial charge in [0.25, 0.3) is 10.0 Å². The number of rotatable bonds is 9. The summed E-state index contributed by atoms with van der Waals surface area (Å²) in [6.07, 6.45) is 8.03. The van der Waals surface area contributed by atoms with E-state index in [1.54, 1.807) is 66.9 Å². The van der Waals surface area contributed by atoms with E-state index in [1.807, 2.05) is 12.1 Å². The van der Waals surface area contributed by atoms with Gasteiger partial charge in [0, 0.05) is 24.3 Å². The van der Waals surface area contributed by atoms with Gasteiger partial charge in [-0.2, -0.15) is 0 Å². The molecule has 0 bridgehead atoms. The number of nitrogens with zero attached hydrogens (tertiary/aromatic N) is 2. The highest BCUT2D eigenvalue weighted by Crippen LogP contribution is 2.36. The van der Waals surface area contributed by atoms with Crippen molar-refractivity contribution in [1.82, 2.24) is 8.96 Å². The van der Waals surface area contributed by atoms with Gasteiger partial charge in [-0.3, -0.25) is 0 Å². The zero-order chi connectivity index (χ0) is 26.8. The predicted molar refractivity (Wildman–Crippen MR) is 148 cm³/mol. The van der Waals surface area contributed by atoms with E-state index in [0.29, 0.717) is 22.6 Å². The van der Waals surface area contributed by atoms with Crippen LogP contribution in [-0.4, -0.2) is 45.3 Å². The molecule has 1 fully saturated rings. The number of pyridine rings is 1. The van der Waals surface area contributed by atoms with Crippen molar-refractivity contribution in [3.05, 3.63) is 96.3 Å². The number of hydrogen-bond donors (Lipinski definition) is 0. The fourth-order valence-corrected chi connectivity index (χ4v) is 7.66. The van der Waals surface area contributed by atoms with Gasteiger partial charge in [0.2, 0.25) is 0 Å². The maximum absolute atomic E-state index is 14.0. The molecular weight excluding hydrogens is 520 g/mol. The lowest BCUT2D eigenvalue weighted by Crippen LogP contribution is -2.16. The number of hydrogen-bond acceptors (Lipinski definition) is 6. The maximum Gasteiger partial charge on any atom is 0.269 e. The molecular formula is C29H30N2O5S2. The molecule has 0 N–H and O–H groups in total. The van der Waals surface area contributed by atoms with Gasteiger partial charge in [-0.05, 0) is 66.8 Å². The molecule has 2 aromatic carbocycles. The Morgan fingerprint density at radius 1 is 0.947 bits per heavy atom. The first kappa shape index (κ1) is 26.3. The Hall–Kier alpha value is -3.27. The highest BCUT2D eigenvalue weighted by Gasteiger charge is 2.27. The Morgan fingerprint density at radius 3 is 2.34 bits per heavy atom. The topological polar surface area (TPSA) is 95.3 Å². The summed E-state index contributed by atoms with van der Waals surface area (Å²) < 4.78 is 59.6. The molecule has 1 aliphatic rings. The van der Waals surface area contributed by atoms with Gasteiger partial charge in [0.1, 0.15) is 0 Å². The lowest BCUT2D eigenvalue weighted by molar-refractivity contribution is 0.217. The zero-order valence-corrected chi connectivity index (χ0v) is 22.8. The second-order valence-corrected chi connectivity index (χ2v) is 13.4. The molecule has 0 spiro atoms. The molecule has 2 aromatic heterocycles. The molecule has 0 amide bonds. The Bertz CT molecular complexity index is 1670. The number of aromatic nitrogens is 2. The van der Waals surface area contributed by atoms with Gasteiger partial charge >= 0.3 is 0 Å². The predicted octanol–water partition coefficient (Wildman–Crippen LogP) is 5.32. The first-order chi connectivity index (χ1) is 18.3. The number of fused-ring (bicyclic) bond motifs is 1. The van der Waals surface area contributed by atoms with Gasteiger partial charge < -0.3 is 4.74 Å². The molecule has 1 aliphatic carbocycles. The Morgan fingerprint density at radius 2 is 1.66 bits per heavy atom. The third-order valence-electron chi connectivity index (χ3n) is 6.96. The molecule has 38 heavy (non-hydrogen) atoms. The summed E-state index contributed by atoms with van der Waals surface area (Å²) in [6.45, 7) is 0.112. The minimum atomic E-state index is -3.98. The molecule has 4 aromatic rings. The van der Waals surface area contributed by atoms with Gasteiger partial charge in [0.15, 0.2) is 15.5 Å². The van der Waals surface area contributed by atoms with Crippen LogP contribution in [0, 0.1) is 5.92 Å². The van der Waals surface area contributed by atoms with Crippen LogP contribution in [0.15, 0.2) is 94.9 Å². The van der Waals surface area contributed by atoms with E-state index < -0.39 is 19.9 Å². The molecule has 0 atom stereocenters. The summed E-state index contributed by atoms with van der Waals surface area (Å²) in [7, 11) is -6.00. The first-order valence-electron chi connectivity index (χ1n) is 12.6. The zero-order valence-electron chi connectivity index (χ0n) is 21.2. The molecule has 0 saturated heterocycles. The summed E-state index contributed by atoms with van der Waals surface area (Å²) in [4.78, 5) is 4.82. The third-order valence-corrected chi connectivity index (χ3v) is 10.4. The Kier molecular flexibility index (Phi) is 7.52. The average molecular weight is 551 g/mol. The molecule has 2 heterocycles. The van der Waals surface area contributed by atoms with E-state index in [4.69, 9.17) is 4.74 Å². The molecule has 1 saturated carbocycles. The number of allylic oxidation sites excluding steroid dienone is 1. The van der Waals surface area contributed by atoms with Crippen molar-refractivity contribution in [3.63, 3.8) is 0 Å². The van der Waals surface area contributed by atoms with Crippen LogP contribution in [0.5, 0.6) is 0 Å². The fourth-order valence-electron chi connectivity index (χ4n) is 4.98. The SMILES string of the molecule is COCCS(=O)(=O)c1ccc(/C(=C\C2CCCC2)c2cc3cccnc3n2S(=O)(=O)c2ccccc2)cc1. The number of benzene rings is 2. The number of ether oxygens (including phenoxy) is 1. The van der Waals surface area contributed by atoms with Crippen LogP contribution in [-0.2, 0) is 24.6 Å². The van der Waals surface area contributed by atoms with Crippen LogP contribution < -0.4 is 0 Å². The molecule has 7 nitrogen and oxygen atoms in total. The smallest absolute Gasteiger partial charge is 0.269 e. The lowest BCUT2D eigenvalue weighted by Gasteiger charge is -2.16. The fraction of sp³-hybridized carbons (Fsp3) is 0.276. The van der Waals surface area contributed by atoms with Crippen molar-refractivity contribution in [2.45, 2.75) is 35.5 Å². The van der Waals surface area contributed by atoms with Crippen molar-refractivity contribution >= 4 is 36.5 Å². The van der Waals surface area contributed by atoms with Crippen molar-refractivity contribution in [1.29, 1.82) is 0 Å². The molecule has 5 rings (SSSR count). The summed E-state index contributed by atoms with van der Waals surface area (Å²) in [5.41, 5.74) is 2.34. The van der Waals surface area contributed by atoms with Gasteiger partial charge in [-0.1, -0.05) is 49.2 Å². The maximum atomic E-state index is 14.0. The minimum Gasteiger partial charge on any atom is -0.384 e. The normalized spacial score (nSPS) is 15.3. The summed E-state index contributed by atoms with van der Waals surface area (Å²) in [6, 6.07) is 20.5. The van der Waals surface area contributed by atoms with Crippen LogP contribution >= 0.6 is 0 Å². The summed E-state index contributed by atoms with van der Waals surface area (Å²) in [5.74, 6) is 0.192. The molecule has 0 unspecified atom stereocenters. The van der Waals surface area contributed by atoms with E-state index in [-0.39, 0.29) is 22.2 Å². The number of methoxy groups -OCH3 is 1. The van der Waals surface area contributed by atoms with E-state index in [2.05, 4.69) is 11.1 Å². The minimum absolute atomic E-state index is 0.108. The van der Waals surface area contributed by atoms with Gasteiger partial charge in [0.05, 0.1) is 27.8 Å². The third kappa shape index (κ3) is 5.18. The van der Waals surface area contributed by atoms with Crippen molar-refractivity contribution in [2.24, 2.45) is 5.92 Å². The van der Waals surface area contributed by atoms with E-state index in [9.17, 15) is 16.8 Å². The second-order valence-electron chi connectivity index (χ2n) is 9.49. The summed E-state index contributed by atoms with van der Waals surface area (Å²) >= 11 is 0. The van der Waals surface area contributed by atoms with Crippen molar-refractivity contribution < 1.29 is 21.6 Å². The van der Waals surface area contributed by atoms with E-state index in [0.717, 1.165) is 36.8 Å². The molecule has 0 aliphatic heterocycles. The van der Waals surface area contributed by atoms with Crippen LogP contribution in [0.1, 0.15) is 36.9 Å². The quantitative estimate of drug-likeness (QED) is 0.280. The average Bonchev–Trinajstić information content (AvgIpc) is 3.59. The van der Waals surface area contributed by atoms with Crippen LogP contribution in [0.2, 0.25) is 0 Å². The van der Waals surface area contributed by atoms with Crippen molar-refractivity contribution in [2.75, 3.05) is 19.5 Å². The molecule has 0 radical (unpaired) electrons. The highest BCUT2D eigenvalue weighted by molar-refractivity contribution is 7.91. The van der Waals surface area contributed by atoms with Crippen LogP contribution in [0.3, 0.4) is 0 Å². The Labute approximate surface area is 223 Å². The molecule has 198 valence electrons. The highest BCUT2D eigenvalue weighted by atomic mass is 32.2. The number of sulfone groups is 1. The monoisotopic (exact) mass is 550 g/mol. The standard InChI is InChI=1S/C29H30N2O5S2/c1-36-18-19-37(32,33)25-15-13-23(14-16-25)27(20-22-8-5-6-9-22)28-21-24-10-7-17-30-29(24)31(28)38(34,35)26-11-3-2-4-12-26/h2-4,7,10-17,20-22H,5-6,8-9,18-19H2,1H3/b27-20+. The van der Waals surface area contributed by atoms with Gasteiger partial charge in [-0.15, -0.1) is 0 Å². The largest absolute Gasteiger partial charge is 0.384 e. The van der Waals surface area contributed by atoms with E-state index in [1.165, 1.54) is 11.1 Å². The van der Waals surface area contributed by atoms with Crippen LogP contribution in [0.4, 0.5) is 0 Å². The summed E-state index contributed by atoms with van der Waals surface area (Å²) in [5, 5.41) is 0.707. The second kappa shape index (κ2) is 10.8. The lowest BCUT2D eigenvalue weighted by atomic mass is 9.96. The van der Waals surface area contributed by atoms with Gasteiger partial charge in [-0.25, -0.2) is 25.8 Å². The van der Waals surface area contributed by atoms with Crippen LogP contribution in [0.25, 0.3) is 16.6 Å². The van der Waals surface area contributed by atoms with E-state index >= 15 is 0 Å². The molecule has 9 heteroatoms.